The summed E-state index contributed by atoms with van der Waals surface area (Å²) in [6.07, 6.45) is 5.30. The topological polar surface area (TPSA) is 24.9 Å². The molecule has 0 aliphatic heterocycles. The first kappa shape index (κ1) is 12.1. The highest BCUT2D eigenvalue weighted by Gasteiger charge is 2.30. The van der Waals surface area contributed by atoms with Crippen molar-refractivity contribution in [2.75, 3.05) is 0 Å². The Balaban J connectivity index is 1.93. The molecule has 16 heavy (non-hydrogen) atoms. The Morgan fingerprint density at radius 2 is 2.19 bits per heavy atom. The van der Waals surface area contributed by atoms with E-state index in [-0.39, 0.29) is 0 Å². The third-order valence-electron chi connectivity index (χ3n) is 3.84. The molecule has 0 spiro atoms. The Labute approximate surface area is 102 Å². The molecule has 0 aromatic carbocycles. The Morgan fingerprint density at radius 1 is 1.50 bits per heavy atom. The van der Waals surface area contributed by atoms with Crippen LogP contribution in [-0.2, 0) is 0 Å². The van der Waals surface area contributed by atoms with Crippen molar-refractivity contribution in [1.82, 2.24) is 10.3 Å². The van der Waals surface area contributed by atoms with Crippen LogP contribution in [0, 0.1) is 5.92 Å². The van der Waals surface area contributed by atoms with Crippen molar-refractivity contribution in [2.24, 2.45) is 5.92 Å². The molecule has 3 heteroatoms. The van der Waals surface area contributed by atoms with E-state index in [1.54, 1.807) is 11.3 Å². The van der Waals surface area contributed by atoms with Gasteiger partial charge in [0.1, 0.15) is 0 Å². The number of nitrogens with one attached hydrogen (secondary N) is 1. The highest BCUT2D eigenvalue weighted by atomic mass is 32.1. The molecule has 1 aliphatic rings. The average molecular weight is 238 g/mol. The first-order chi connectivity index (χ1) is 7.59. The molecule has 0 saturated heterocycles. The number of thiazole rings is 1. The summed E-state index contributed by atoms with van der Waals surface area (Å²) in [6.45, 7) is 6.95. The molecule has 90 valence electrons. The minimum atomic E-state index is 0.315. The highest BCUT2D eigenvalue weighted by molar-refractivity contribution is 7.07. The van der Waals surface area contributed by atoms with Crippen LogP contribution in [0.15, 0.2) is 10.9 Å². The second-order valence-corrected chi connectivity index (χ2v) is 6.24. The van der Waals surface area contributed by atoms with E-state index in [1.165, 1.54) is 31.4 Å². The largest absolute Gasteiger partial charge is 0.304 e. The molecule has 1 aromatic heterocycles. The molecular formula is C13H22N2S. The van der Waals surface area contributed by atoms with Crippen LogP contribution >= 0.6 is 11.3 Å². The van der Waals surface area contributed by atoms with Crippen molar-refractivity contribution >= 4 is 11.3 Å². The number of nitrogens with zero attached hydrogens (tertiary/aromatic N) is 1. The summed E-state index contributed by atoms with van der Waals surface area (Å²) >= 11 is 1.68. The van der Waals surface area contributed by atoms with E-state index in [4.69, 9.17) is 0 Å². The van der Waals surface area contributed by atoms with Gasteiger partial charge in [0, 0.05) is 17.0 Å². The van der Waals surface area contributed by atoms with E-state index < -0.39 is 0 Å². The molecule has 1 aromatic rings. The maximum atomic E-state index is 4.38. The smallest absolute Gasteiger partial charge is 0.0795 e. The summed E-state index contributed by atoms with van der Waals surface area (Å²) in [5.74, 6) is 0.907. The lowest BCUT2D eigenvalue weighted by molar-refractivity contribution is 0.198. The first-order valence-electron chi connectivity index (χ1n) is 6.25. The van der Waals surface area contributed by atoms with Crippen LogP contribution in [0.4, 0.5) is 0 Å². The van der Waals surface area contributed by atoms with Gasteiger partial charge in [-0.1, -0.05) is 6.92 Å². The predicted molar refractivity (Wildman–Crippen MR) is 69.7 cm³/mol. The standard InChI is InChI=1S/C13H22N2S/c1-10-4-6-13(3,7-5-10)15-11(2)12-8-16-9-14-12/h8-11,15H,4-7H2,1-3H3. The summed E-state index contributed by atoms with van der Waals surface area (Å²) in [5, 5.41) is 5.91. The van der Waals surface area contributed by atoms with Crippen molar-refractivity contribution < 1.29 is 0 Å². The molecule has 1 fully saturated rings. The summed E-state index contributed by atoms with van der Waals surface area (Å²) in [6, 6.07) is 0.379. The lowest BCUT2D eigenvalue weighted by Gasteiger charge is -2.39. The summed E-state index contributed by atoms with van der Waals surface area (Å²) in [5.41, 5.74) is 3.42. The maximum Gasteiger partial charge on any atom is 0.0795 e. The van der Waals surface area contributed by atoms with Gasteiger partial charge < -0.3 is 5.32 Å². The minimum Gasteiger partial charge on any atom is -0.304 e. The van der Waals surface area contributed by atoms with Crippen molar-refractivity contribution in [3.05, 3.63) is 16.6 Å². The van der Waals surface area contributed by atoms with Crippen molar-refractivity contribution in [3.63, 3.8) is 0 Å². The summed E-state index contributed by atoms with van der Waals surface area (Å²) in [4.78, 5) is 4.38. The molecule has 0 amide bonds. The van der Waals surface area contributed by atoms with E-state index in [9.17, 15) is 0 Å². The van der Waals surface area contributed by atoms with E-state index in [0.29, 0.717) is 11.6 Å². The lowest BCUT2D eigenvalue weighted by atomic mass is 9.78. The second-order valence-electron chi connectivity index (χ2n) is 5.52. The van der Waals surface area contributed by atoms with Gasteiger partial charge in [0.15, 0.2) is 0 Å². The number of hydrogen-bond acceptors (Lipinski definition) is 3. The van der Waals surface area contributed by atoms with Crippen molar-refractivity contribution in [1.29, 1.82) is 0 Å². The molecule has 1 unspecified atom stereocenters. The first-order valence-corrected chi connectivity index (χ1v) is 7.19. The third kappa shape index (κ3) is 2.83. The van der Waals surface area contributed by atoms with Crippen LogP contribution in [0.25, 0.3) is 0 Å². The fourth-order valence-electron chi connectivity index (χ4n) is 2.58. The highest BCUT2D eigenvalue weighted by Crippen LogP contribution is 2.33. The van der Waals surface area contributed by atoms with E-state index >= 15 is 0 Å². The van der Waals surface area contributed by atoms with Gasteiger partial charge in [-0.15, -0.1) is 11.3 Å². The second kappa shape index (κ2) is 4.84. The molecule has 1 N–H and O–H groups in total. The molecule has 2 rings (SSSR count). The van der Waals surface area contributed by atoms with Crippen LogP contribution in [0.3, 0.4) is 0 Å². The molecule has 1 heterocycles. The van der Waals surface area contributed by atoms with Crippen LogP contribution < -0.4 is 5.32 Å². The molecule has 1 atom stereocenters. The Morgan fingerprint density at radius 3 is 2.75 bits per heavy atom. The van der Waals surface area contributed by atoms with Crippen LogP contribution in [-0.4, -0.2) is 10.5 Å². The fourth-order valence-corrected chi connectivity index (χ4v) is 3.22. The number of hydrogen-bond donors (Lipinski definition) is 1. The Bertz CT molecular complexity index is 313. The molecule has 0 bridgehead atoms. The lowest BCUT2D eigenvalue weighted by Crippen LogP contribution is -2.46. The minimum absolute atomic E-state index is 0.315. The van der Waals surface area contributed by atoms with Gasteiger partial charge in [0.25, 0.3) is 0 Å². The summed E-state index contributed by atoms with van der Waals surface area (Å²) < 4.78 is 0. The van der Waals surface area contributed by atoms with Gasteiger partial charge in [-0.3, -0.25) is 0 Å². The van der Waals surface area contributed by atoms with Gasteiger partial charge in [0.2, 0.25) is 0 Å². The zero-order chi connectivity index (χ0) is 11.6. The Hall–Kier alpha value is -0.410. The molecule has 0 radical (unpaired) electrons. The SMILES string of the molecule is CC1CCC(C)(NC(C)c2cscn2)CC1. The Kier molecular flexibility index (Phi) is 3.65. The average Bonchev–Trinajstić information content (AvgIpc) is 2.76. The zero-order valence-corrected chi connectivity index (χ0v) is 11.3. The monoisotopic (exact) mass is 238 g/mol. The predicted octanol–water partition coefficient (Wildman–Crippen LogP) is 3.76. The third-order valence-corrected chi connectivity index (χ3v) is 4.44. The van der Waals surface area contributed by atoms with Gasteiger partial charge in [-0.25, -0.2) is 4.98 Å². The summed E-state index contributed by atoms with van der Waals surface area (Å²) in [7, 11) is 0. The van der Waals surface area contributed by atoms with Gasteiger partial charge >= 0.3 is 0 Å². The normalized spacial score (nSPS) is 32.6. The number of aromatic nitrogens is 1. The van der Waals surface area contributed by atoms with Crippen molar-refractivity contribution in [2.45, 2.75) is 58.0 Å². The van der Waals surface area contributed by atoms with Gasteiger partial charge in [0.05, 0.1) is 11.2 Å². The van der Waals surface area contributed by atoms with E-state index in [0.717, 1.165) is 5.92 Å². The molecule has 1 saturated carbocycles. The fraction of sp³-hybridized carbons (Fsp3) is 0.769. The van der Waals surface area contributed by atoms with Gasteiger partial charge in [-0.2, -0.15) is 0 Å². The molecular weight excluding hydrogens is 216 g/mol. The number of rotatable bonds is 3. The van der Waals surface area contributed by atoms with Crippen LogP contribution in [0.5, 0.6) is 0 Å². The zero-order valence-electron chi connectivity index (χ0n) is 10.5. The van der Waals surface area contributed by atoms with E-state index in [1.807, 2.05) is 5.51 Å². The van der Waals surface area contributed by atoms with Crippen LogP contribution in [0.2, 0.25) is 0 Å². The quantitative estimate of drug-likeness (QED) is 0.867. The molecule has 1 aliphatic carbocycles. The maximum absolute atomic E-state index is 4.38. The van der Waals surface area contributed by atoms with Gasteiger partial charge in [-0.05, 0) is 45.4 Å². The van der Waals surface area contributed by atoms with Crippen molar-refractivity contribution in [3.8, 4) is 0 Å². The molecule has 2 nitrogen and oxygen atoms in total. The van der Waals surface area contributed by atoms with E-state index in [2.05, 4.69) is 36.5 Å². The van der Waals surface area contributed by atoms with Crippen LogP contribution in [0.1, 0.15) is 58.2 Å².